The molecular formula is C19H14N4O2. The van der Waals surface area contributed by atoms with Crippen molar-refractivity contribution in [1.29, 1.82) is 0 Å². The summed E-state index contributed by atoms with van der Waals surface area (Å²) in [4.78, 5) is 34.6. The second kappa shape index (κ2) is 5.11. The highest BCUT2D eigenvalue weighted by Gasteiger charge is 2.31. The third-order valence-electron chi connectivity index (χ3n) is 4.77. The van der Waals surface area contributed by atoms with Gasteiger partial charge >= 0.3 is 0 Å². The van der Waals surface area contributed by atoms with Gasteiger partial charge < -0.3 is 5.32 Å². The van der Waals surface area contributed by atoms with Crippen LogP contribution in [-0.4, -0.2) is 27.2 Å². The highest BCUT2D eigenvalue weighted by atomic mass is 16.2. The van der Waals surface area contributed by atoms with Crippen LogP contribution >= 0.6 is 0 Å². The molecule has 25 heavy (non-hydrogen) atoms. The number of aromatic nitrogens is 2. The highest BCUT2D eigenvalue weighted by molar-refractivity contribution is 6.06. The largest absolute Gasteiger partial charge is 0.343 e. The van der Waals surface area contributed by atoms with Gasteiger partial charge in [-0.25, -0.2) is 4.98 Å². The van der Waals surface area contributed by atoms with Crippen molar-refractivity contribution in [3.05, 3.63) is 70.3 Å². The molecule has 3 aromatic rings. The number of hydrogen-bond donors (Lipinski definition) is 1. The van der Waals surface area contributed by atoms with Gasteiger partial charge in [0.2, 0.25) is 0 Å². The normalized spacial score (nSPS) is 18.5. The summed E-state index contributed by atoms with van der Waals surface area (Å²) in [5.74, 6) is 0.537. The molecule has 0 saturated heterocycles. The third-order valence-corrected chi connectivity index (χ3v) is 4.77. The number of hydrogen-bond acceptors (Lipinski definition) is 4. The molecule has 1 atom stereocenters. The number of nitrogens with zero attached hydrogens (tertiary/aromatic N) is 3. The Bertz CT molecular complexity index is 1130. The lowest BCUT2D eigenvalue weighted by Crippen LogP contribution is -2.48. The standard InChI is InChI=1S/C19H14N4O2/c24-18-11-5-1-3-7-13(11)20-16-10-23-17(9-15(16)22-18)21-14-8-4-2-6-12(14)19(23)25/h1-8,15H,9-10H2,(H,22,24). The molecule has 1 amide bonds. The lowest BCUT2D eigenvalue weighted by Gasteiger charge is -2.26. The number of carbonyl (C=O) groups excluding carboxylic acids is 1. The molecule has 0 bridgehead atoms. The van der Waals surface area contributed by atoms with E-state index >= 15 is 0 Å². The van der Waals surface area contributed by atoms with Crippen molar-refractivity contribution in [2.45, 2.75) is 19.0 Å². The summed E-state index contributed by atoms with van der Waals surface area (Å²) in [5, 5.41) is 3.62. The molecule has 6 nitrogen and oxygen atoms in total. The van der Waals surface area contributed by atoms with Gasteiger partial charge in [-0.3, -0.25) is 19.1 Å². The summed E-state index contributed by atoms with van der Waals surface area (Å²) in [6.07, 6.45) is 0.457. The predicted octanol–water partition coefficient (Wildman–Crippen LogP) is 1.84. The van der Waals surface area contributed by atoms with Crippen molar-refractivity contribution < 1.29 is 4.79 Å². The van der Waals surface area contributed by atoms with Crippen molar-refractivity contribution in [3.63, 3.8) is 0 Å². The van der Waals surface area contributed by atoms with Gasteiger partial charge in [-0.1, -0.05) is 24.3 Å². The zero-order valence-electron chi connectivity index (χ0n) is 13.3. The first-order valence-corrected chi connectivity index (χ1v) is 8.16. The topological polar surface area (TPSA) is 76.3 Å². The third kappa shape index (κ3) is 2.11. The van der Waals surface area contributed by atoms with E-state index in [0.717, 1.165) is 5.71 Å². The first kappa shape index (κ1) is 14.1. The Labute approximate surface area is 142 Å². The molecule has 0 aliphatic carbocycles. The molecule has 0 radical (unpaired) electrons. The Morgan fingerprint density at radius 2 is 1.84 bits per heavy atom. The van der Waals surface area contributed by atoms with E-state index in [9.17, 15) is 9.59 Å². The van der Waals surface area contributed by atoms with Gasteiger partial charge in [-0.05, 0) is 24.3 Å². The van der Waals surface area contributed by atoms with E-state index < -0.39 is 0 Å². The number of carbonyl (C=O) groups is 1. The van der Waals surface area contributed by atoms with Crippen LogP contribution in [0.3, 0.4) is 0 Å². The van der Waals surface area contributed by atoms with E-state index in [1.54, 1.807) is 16.7 Å². The van der Waals surface area contributed by atoms with Crippen LogP contribution < -0.4 is 10.9 Å². The Morgan fingerprint density at radius 1 is 1.04 bits per heavy atom. The Balaban J connectivity index is 1.69. The predicted molar refractivity (Wildman–Crippen MR) is 94.5 cm³/mol. The summed E-state index contributed by atoms with van der Waals surface area (Å²) in [6, 6.07) is 14.3. The summed E-state index contributed by atoms with van der Waals surface area (Å²) in [5.41, 5.74) is 2.60. The number of rotatable bonds is 0. The monoisotopic (exact) mass is 330 g/mol. The molecule has 0 fully saturated rings. The Morgan fingerprint density at radius 3 is 2.76 bits per heavy atom. The van der Waals surface area contributed by atoms with E-state index in [-0.39, 0.29) is 17.5 Å². The first-order valence-electron chi connectivity index (χ1n) is 8.16. The number of nitrogens with one attached hydrogen (secondary N) is 1. The van der Waals surface area contributed by atoms with Crippen molar-refractivity contribution in [2.75, 3.05) is 0 Å². The lowest BCUT2D eigenvalue weighted by atomic mass is 10.0. The van der Waals surface area contributed by atoms with Crippen LogP contribution in [0.5, 0.6) is 0 Å². The van der Waals surface area contributed by atoms with Crippen molar-refractivity contribution in [2.24, 2.45) is 4.99 Å². The molecule has 3 heterocycles. The van der Waals surface area contributed by atoms with E-state index in [1.165, 1.54) is 0 Å². The number of amides is 1. The van der Waals surface area contributed by atoms with E-state index in [0.29, 0.717) is 40.9 Å². The van der Waals surface area contributed by atoms with E-state index in [4.69, 9.17) is 0 Å². The van der Waals surface area contributed by atoms with Crippen LogP contribution in [0, 0.1) is 0 Å². The average Bonchev–Trinajstić information content (AvgIpc) is 2.76. The van der Waals surface area contributed by atoms with Crippen LogP contribution in [0.2, 0.25) is 0 Å². The summed E-state index contributed by atoms with van der Waals surface area (Å²) < 4.78 is 1.66. The molecule has 2 aliphatic heterocycles. The number of para-hydroxylation sites is 2. The van der Waals surface area contributed by atoms with Crippen LogP contribution in [0.15, 0.2) is 58.3 Å². The molecule has 2 aromatic carbocycles. The molecule has 5 rings (SSSR count). The molecule has 0 saturated carbocycles. The van der Waals surface area contributed by atoms with Crippen LogP contribution in [-0.2, 0) is 13.0 Å². The fraction of sp³-hybridized carbons (Fsp3) is 0.158. The number of benzene rings is 2. The first-order chi connectivity index (χ1) is 12.2. The van der Waals surface area contributed by atoms with Gasteiger partial charge in [0.25, 0.3) is 11.5 Å². The minimum absolute atomic E-state index is 0.0643. The number of fused-ring (bicyclic) bond motifs is 4. The van der Waals surface area contributed by atoms with Crippen LogP contribution in [0.1, 0.15) is 16.2 Å². The molecule has 1 N–H and O–H groups in total. The number of aliphatic imine (C=N–C) groups is 1. The van der Waals surface area contributed by atoms with Gasteiger partial charge in [0.1, 0.15) is 5.82 Å². The van der Waals surface area contributed by atoms with Crippen LogP contribution in [0.4, 0.5) is 5.69 Å². The Kier molecular flexibility index (Phi) is 2.88. The molecule has 6 heteroatoms. The molecule has 1 aromatic heterocycles. The maximum atomic E-state index is 12.8. The van der Waals surface area contributed by atoms with Gasteiger partial charge in [0.15, 0.2) is 0 Å². The molecular weight excluding hydrogens is 316 g/mol. The minimum Gasteiger partial charge on any atom is -0.343 e. The van der Waals surface area contributed by atoms with E-state index in [1.807, 2.05) is 36.4 Å². The smallest absolute Gasteiger partial charge is 0.261 e. The van der Waals surface area contributed by atoms with Gasteiger partial charge in [-0.15, -0.1) is 0 Å². The van der Waals surface area contributed by atoms with Crippen molar-refractivity contribution >= 4 is 28.2 Å². The average molecular weight is 330 g/mol. The summed E-state index contributed by atoms with van der Waals surface area (Å²) in [7, 11) is 0. The van der Waals surface area contributed by atoms with Gasteiger partial charge in [0.05, 0.1) is 40.5 Å². The summed E-state index contributed by atoms with van der Waals surface area (Å²) in [6.45, 7) is 0.339. The fourth-order valence-corrected chi connectivity index (χ4v) is 3.51. The molecule has 0 spiro atoms. The van der Waals surface area contributed by atoms with Gasteiger partial charge in [0, 0.05) is 6.42 Å². The second-order valence-corrected chi connectivity index (χ2v) is 6.29. The lowest BCUT2D eigenvalue weighted by molar-refractivity contribution is 0.0947. The van der Waals surface area contributed by atoms with E-state index in [2.05, 4.69) is 15.3 Å². The zero-order valence-corrected chi connectivity index (χ0v) is 13.3. The maximum absolute atomic E-state index is 12.8. The minimum atomic E-state index is -0.243. The fourth-order valence-electron chi connectivity index (χ4n) is 3.51. The van der Waals surface area contributed by atoms with Crippen LogP contribution in [0.25, 0.3) is 10.9 Å². The maximum Gasteiger partial charge on any atom is 0.261 e. The molecule has 2 aliphatic rings. The molecule has 1 unspecified atom stereocenters. The highest BCUT2D eigenvalue weighted by Crippen LogP contribution is 2.25. The van der Waals surface area contributed by atoms with Gasteiger partial charge in [-0.2, -0.15) is 0 Å². The SMILES string of the molecule is O=C1NC2Cc3nc4ccccc4c(=O)n3CC2=Nc2ccccc21. The van der Waals surface area contributed by atoms with Crippen molar-refractivity contribution in [1.82, 2.24) is 14.9 Å². The molecule has 122 valence electrons. The second-order valence-electron chi connectivity index (χ2n) is 6.29. The summed E-state index contributed by atoms with van der Waals surface area (Å²) >= 11 is 0. The quantitative estimate of drug-likeness (QED) is 0.683. The zero-order chi connectivity index (χ0) is 17.0. The van der Waals surface area contributed by atoms with Crippen molar-refractivity contribution in [3.8, 4) is 0 Å². The Hall–Kier alpha value is -3.28.